The van der Waals surface area contributed by atoms with Gasteiger partial charge in [0.15, 0.2) is 0 Å². The zero-order valence-electron chi connectivity index (χ0n) is 15.6. The minimum Gasteiger partial charge on any atom is -0.378 e. The van der Waals surface area contributed by atoms with Gasteiger partial charge >= 0.3 is 0 Å². The van der Waals surface area contributed by atoms with Crippen LogP contribution in [0, 0.1) is 5.92 Å². The van der Waals surface area contributed by atoms with E-state index >= 15 is 0 Å². The van der Waals surface area contributed by atoms with E-state index in [9.17, 15) is 14.4 Å². The summed E-state index contributed by atoms with van der Waals surface area (Å²) in [5, 5.41) is 0. The summed E-state index contributed by atoms with van der Waals surface area (Å²) in [6.07, 6.45) is 0.251. The average molecular weight is 358 g/mol. The predicted octanol–water partition coefficient (Wildman–Crippen LogP) is 0.796. The maximum absolute atomic E-state index is 12.8. The molecule has 7 nitrogen and oxygen atoms in total. The van der Waals surface area contributed by atoms with Crippen molar-refractivity contribution in [1.82, 2.24) is 9.80 Å². The molecule has 0 spiro atoms. The highest BCUT2D eigenvalue weighted by Gasteiger charge is 2.38. The predicted molar refractivity (Wildman–Crippen MR) is 100 cm³/mol. The molecule has 3 rings (SSSR count). The van der Waals surface area contributed by atoms with Crippen LogP contribution in [0.15, 0.2) is 24.3 Å². The fourth-order valence-corrected chi connectivity index (χ4v) is 3.55. The quantitative estimate of drug-likeness (QED) is 0.802. The lowest BCUT2D eigenvalue weighted by atomic mass is 10.1. The second-order valence-electron chi connectivity index (χ2n) is 7.15. The van der Waals surface area contributed by atoms with E-state index in [-0.39, 0.29) is 30.1 Å². The Morgan fingerprint density at radius 3 is 2.12 bits per heavy atom. The van der Waals surface area contributed by atoms with E-state index in [4.69, 9.17) is 0 Å². The topological polar surface area (TPSA) is 64.2 Å². The third-order valence-electron chi connectivity index (χ3n) is 5.19. The van der Waals surface area contributed by atoms with Gasteiger partial charge in [-0.05, 0) is 24.3 Å². The van der Waals surface area contributed by atoms with Crippen molar-refractivity contribution >= 4 is 29.1 Å². The standard InChI is InChI=1S/C19H26N4O3/c1-14(24)21-8-10-22(11-9-21)19(26)15-12-18(25)23(13-15)17-6-4-16(5-7-17)20(2)3/h4-7,15H,8-13H2,1-3H3. The molecule has 2 aliphatic heterocycles. The molecule has 26 heavy (non-hydrogen) atoms. The largest absolute Gasteiger partial charge is 0.378 e. The fourth-order valence-electron chi connectivity index (χ4n) is 3.55. The van der Waals surface area contributed by atoms with Crippen LogP contribution in [0.4, 0.5) is 11.4 Å². The van der Waals surface area contributed by atoms with Gasteiger partial charge in [0.1, 0.15) is 0 Å². The van der Waals surface area contributed by atoms with Gasteiger partial charge in [-0.3, -0.25) is 14.4 Å². The summed E-state index contributed by atoms with van der Waals surface area (Å²) in [4.78, 5) is 43.9. The Morgan fingerprint density at radius 1 is 1.00 bits per heavy atom. The molecular formula is C19H26N4O3. The average Bonchev–Trinajstić information content (AvgIpc) is 3.03. The van der Waals surface area contributed by atoms with Crippen LogP contribution in [0.3, 0.4) is 0 Å². The van der Waals surface area contributed by atoms with Crippen LogP contribution in [-0.4, -0.2) is 74.3 Å². The number of benzene rings is 1. The number of carbonyl (C=O) groups is 3. The Morgan fingerprint density at radius 2 is 1.58 bits per heavy atom. The summed E-state index contributed by atoms with van der Waals surface area (Å²) in [5.74, 6) is -0.252. The van der Waals surface area contributed by atoms with E-state index in [0.29, 0.717) is 32.7 Å². The molecule has 1 atom stereocenters. The van der Waals surface area contributed by atoms with Gasteiger partial charge in [-0.2, -0.15) is 0 Å². The molecule has 0 saturated carbocycles. The third kappa shape index (κ3) is 3.66. The first-order chi connectivity index (χ1) is 12.4. The summed E-state index contributed by atoms with van der Waals surface area (Å²) >= 11 is 0. The molecule has 140 valence electrons. The van der Waals surface area contributed by atoms with Crippen molar-refractivity contribution in [3.8, 4) is 0 Å². The molecule has 2 saturated heterocycles. The van der Waals surface area contributed by atoms with Crippen LogP contribution < -0.4 is 9.80 Å². The monoisotopic (exact) mass is 358 g/mol. The minimum absolute atomic E-state index is 0.0108. The second kappa shape index (κ2) is 7.35. The van der Waals surface area contributed by atoms with Crippen LogP contribution in [-0.2, 0) is 14.4 Å². The van der Waals surface area contributed by atoms with Crippen LogP contribution in [0.2, 0.25) is 0 Å². The van der Waals surface area contributed by atoms with E-state index < -0.39 is 0 Å². The molecule has 0 radical (unpaired) electrons. The Balaban J connectivity index is 1.62. The van der Waals surface area contributed by atoms with Gasteiger partial charge in [0.05, 0.1) is 5.92 Å². The van der Waals surface area contributed by atoms with Crippen molar-refractivity contribution in [3.05, 3.63) is 24.3 Å². The normalized spacial score (nSPS) is 20.5. The highest BCUT2D eigenvalue weighted by Crippen LogP contribution is 2.28. The maximum Gasteiger partial charge on any atom is 0.228 e. The number of hydrogen-bond donors (Lipinski definition) is 0. The molecule has 7 heteroatoms. The van der Waals surface area contributed by atoms with Crippen molar-refractivity contribution < 1.29 is 14.4 Å². The Kier molecular flexibility index (Phi) is 5.15. The van der Waals surface area contributed by atoms with E-state index in [1.807, 2.05) is 43.3 Å². The van der Waals surface area contributed by atoms with E-state index in [2.05, 4.69) is 0 Å². The molecule has 1 aromatic rings. The van der Waals surface area contributed by atoms with Gasteiger partial charge in [-0.1, -0.05) is 0 Å². The van der Waals surface area contributed by atoms with E-state index in [0.717, 1.165) is 11.4 Å². The highest BCUT2D eigenvalue weighted by molar-refractivity contribution is 6.00. The van der Waals surface area contributed by atoms with Gasteiger partial charge in [0.25, 0.3) is 0 Å². The highest BCUT2D eigenvalue weighted by atomic mass is 16.2. The summed E-state index contributed by atoms with van der Waals surface area (Å²) in [6, 6.07) is 7.79. The number of piperazine rings is 1. The zero-order valence-corrected chi connectivity index (χ0v) is 15.6. The number of nitrogens with zero attached hydrogens (tertiary/aromatic N) is 4. The van der Waals surface area contributed by atoms with Crippen molar-refractivity contribution in [2.75, 3.05) is 56.6 Å². The lowest BCUT2D eigenvalue weighted by Crippen LogP contribution is -2.51. The van der Waals surface area contributed by atoms with Crippen molar-refractivity contribution in [1.29, 1.82) is 0 Å². The molecule has 1 unspecified atom stereocenters. The summed E-state index contributed by atoms with van der Waals surface area (Å²) in [5.41, 5.74) is 1.90. The fraction of sp³-hybridized carbons (Fsp3) is 0.526. The first-order valence-electron chi connectivity index (χ1n) is 8.99. The first-order valence-corrected chi connectivity index (χ1v) is 8.99. The Labute approximate surface area is 154 Å². The molecule has 3 amide bonds. The molecule has 0 aromatic heterocycles. The summed E-state index contributed by atoms with van der Waals surface area (Å²) in [6.45, 7) is 4.19. The second-order valence-corrected chi connectivity index (χ2v) is 7.15. The van der Waals surface area contributed by atoms with Gasteiger partial charge < -0.3 is 19.6 Å². The molecule has 2 aliphatic rings. The molecule has 0 bridgehead atoms. The molecular weight excluding hydrogens is 332 g/mol. The van der Waals surface area contributed by atoms with E-state index in [1.54, 1.807) is 21.6 Å². The number of rotatable bonds is 3. The number of amides is 3. The van der Waals surface area contributed by atoms with Crippen LogP contribution in [0.1, 0.15) is 13.3 Å². The first kappa shape index (κ1) is 18.2. The Hall–Kier alpha value is -2.57. The number of carbonyl (C=O) groups excluding carboxylic acids is 3. The van der Waals surface area contributed by atoms with Gasteiger partial charge in [0, 0.05) is 71.5 Å². The van der Waals surface area contributed by atoms with Crippen molar-refractivity contribution in [2.45, 2.75) is 13.3 Å². The van der Waals surface area contributed by atoms with Crippen LogP contribution in [0.5, 0.6) is 0 Å². The maximum atomic E-state index is 12.8. The molecule has 0 aliphatic carbocycles. The van der Waals surface area contributed by atoms with Crippen LogP contribution in [0.25, 0.3) is 0 Å². The smallest absolute Gasteiger partial charge is 0.228 e. The third-order valence-corrected chi connectivity index (χ3v) is 5.19. The lowest BCUT2D eigenvalue weighted by Gasteiger charge is -2.35. The van der Waals surface area contributed by atoms with Crippen molar-refractivity contribution in [2.24, 2.45) is 5.92 Å². The summed E-state index contributed by atoms with van der Waals surface area (Å²) in [7, 11) is 3.94. The van der Waals surface area contributed by atoms with Gasteiger partial charge in [0.2, 0.25) is 17.7 Å². The zero-order chi connectivity index (χ0) is 18.8. The number of anilines is 2. The SMILES string of the molecule is CC(=O)N1CCN(C(=O)C2CC(=O)N(c3ccc(N(C)C)cc3)C2)CC1. The summed E-state index contributed by atoms with van der Waals surface area (Å²) < 4.78 is 0. The lowest BCUT2D eigenvalue weighted by molar-refractivity contribution is -0.141. The van der Waals surface area contributed by atoms with Crippen molar-refractivity contribution in [3.63, 3.8) is 0 Å². The molecule has 2 fully saturated rings. The van der Waals surface area contributed by atoms with Crippen LogP contribution >= 0.6 is 0 Å². The van der Waals surface area contributed by atoms with Gasteiger partial charge in [-0.25, -0.2) is 0 Å². The van der Waals surface area contributed by atoms with E-state index in [1.165, 1.54) is 0 Å². The minimum atomic E-state index is -0.306. The number of hydrogen-bond acceptors (Lipinski definition) is 4. The Bertz CT molecular complexity index is 693. The van der Waals surface area contributed by atoms with Gasteiger partial charge in [-0.15, -0.1) is 0 Å². The molecule has 1 aromatic carbocycles. The molecule has 0 N–H and O–H groups in total. The molecule has 2 heterocycles.